The molecule has 144 valence electrons. The molecule has 0 radical (unpaired) electrons. The van der Waals surface area contributed by atoms with Gasteiger partial charge in [-0.3, -0.25) is 4.79 Å². The first kappa shape index (κ1) is 17.9. The highest BCUT2D eigenvalue weighted by Gasteiger charge is 2.32. The molecule has 1 amide bonds. The van der Waals surface area contributed by atoms with Crippen molar-refractivity contribution < 1.29 is 13.2 Å². The number of sulfone groups is 1. The normalized spacial score (nSPS) is 24.2. The summed E-state index contributed by atoms with van der Waals surface area (Å²) in [5, 5.41) is 8.44. The fraction of sp³-hybridized carbons (Fsp3) is 0.833. The van der Waals surface area contributed by atoms with Crippen LogP contribution in [0.5, 0.6) is 0 Å². The van der Waals surface area contributed by atoms with E-state index < -0.39 is 9.84 Å². The Labute approximate surface area is 155 Å². The maximum absolute atomic E-state index is 12.6. The summed E-state index contributed by atoms with van der Waals surface area (Å²) in [4.78, 5) is 14.5. The van der Waals surface area contributed by atoms with Crippen LogP contribution in [-0.2, 0) is 27.6 Å². The second-order valence-electron chi connectivity index (χ2n) is 7.93. The molecule has 0 spiro atoms. The number of nitrogens with zero attached hydrogens (tertiary/aromatic N) is 4. The van der Waals surface area contributed by atoms with Crippen LogP contribution < -0.4 is 0 Å². The van der Waals surface area contributed by atoms with Crippen molar-refractivity contribution in [3.05, 3.63) is 11.6 Å². The van der Waals surface area contributed by atoms with E-state index >= 15 is 0 Å². The van der Waals surface area contributed by atoms with Crippen molar-refractivity contribution in [2.24, 2.45) is 0 Å². The van der Waals surface area contributed by atoms with Crippen molar-refractivity contribution in [3.63, 3.8) is 0 Å². The predicted octanol–water partition coefficient (Wildman–Crippen LogP) is 1.68. The molecule has 1 saturated carbocycles. The lowest BCUT2D eigenvalue weighted by Gasteiger charge is -2.32. The van der Waals surface area contributed by atoms with Gasteiger partial charge >= 0.3 is 0 Å². The molecule has 0 aromatic carbocycles. The minimum absolute atomic E-state index is 0.00199. The number of carbonyl (C=O) groups excluding carboxylic acids is 1. The number of hydrogen-bond acceptors (Lipinski definition) is 5. The van der Waals surface area contributed by atoms with Crippen LogP contribution in [-0.4, -0.2) is 58.1 Å². The van der Waals surface area contributed by atoms with Crippen molar-refractivity contribution in [2.45, 2.75) is 75.5 Å². The number of fused-ring (bicyclic) bond motifs is 1. The first-order valence-corrected chi connectivity index (χ1v) is 11.7. The number of likely N-dealkylation sites (tertiary alicyclic amines) is 1. The summed E-state index contributed by atoms with van der Waals surface area (Å²) in [5.74, 6) is 2.26. The Balaban J connectivity index is 1.36. The van der Waals surface area contributed by atoms with Crippen molar-refractivity contribution in [1.29, 1.82) is 0 Å². The van der Waals surface area contributed by atoms with Gasteiger partial charge in [0.25, 0.3) is 0 Å². The van der Waals surface area contributed by atoms with Crippen LogP contribution in [0.1, 0.15) is 68.9 Å². The van der Waals surface area contributed by atoms with Gasteiger partial charge in [0, 0.05) is 38.4 Å². The molecule has 2 aliphatic heterocycles. The summed E-state index contributed by atoms with van der Waals surface area (Å²) < 4.78 is 27.0. The highest BCUT2D eigenvalue weighted by molar-refractivity contribution is 7.92. The van der Waals surface area contributed by atoms with Crippen LogP contribution in [0, 0.1) is 0 Å². The summed E-state index contributed by atoms with van der Waals surface area (Å²) in [6.07, 6.45) is 7.69. The molecule has 0 N–H and O–H groups in total. The fourth-order valence-electron chi connectivity index (χ4n) is 4.69. The van der Waals surface area contributed by atoms with Crippen LogP contribution in [0.4, 0.5) is 0 Å². The van der Waals surface area contributed by atoms with Gasteiger partial charge in [-0.2, -0.15) is 0 Å². The zero-order chi connectivity index (χ0) is 18.1. The molecule has 1 unspecified atom stereocenters. The van der Waals surface area contributed by atoms with E-state index in [-0.39, 0.29) is 29.2 Å². The third-order valence-electron chi connectivity index (χ3n) is 6.19. The highest BCUT2D eigenvalue weighted by Crippen LogP contribution is 2.29. The minimum Gasteiger partial charge on any atom is -0.342 e. The summed E-state index contributed by atoms with van der Waals surface area (Å²) in [6, 6.07) is 0. The fourth-order valence-corrected chi connectivity index (χ4v) is 6.54. The van der Waals surface area contributed by atoms with Crippen LogP contribution in [0.25, 0.3) is 0 Å². The largest absolute Gasteiger partial charge is 0.342 e. The Hall–Kier alpha value is -1.44. The van der Waals surface area contributed by atoms with Crippen LogP contribution in [0.3, 0.4) is 0 Å². The van der Waals surface area contributed by atoms with Gasteiger partial charge in [-0.15, -0.1) is 10.2 Å². The number of aryl methyl sites for hydroxylation is 1. The van der Waals surface area contributed by atoms with Gasteiger partial charge < -0.3 is 9.47 Å². The monoisotopic (exact) mass is 380 g/mol. The Morgan fingerprint density at radius 3 is 2.65 bits per heavy atom. The van der Waals surface area contributed by atoms with E-state index in [9.17, 15) is 13.2 Å². The smallest absolute Gasteiger partial charge is 0.223 e. The van der Waals surface area contributed by atoms with Gasteiger partial charge in [0.05, 0.1) is 11.0 Å². The van der Waals surface area contributed by atoms with Crippen molar-refractivity contribution in [3.8, 4) is 0 Å². The number of hydrogen-bond donors (Lipinski definition) is 0. The number of carbonyl (C=O) groups is 1. The van der Waals surface area contributed by atoms with E-state index in [0.29, 0.717) is 6.54 Å². The average molecular weight is 381 g/mol. The zero-order valence-corrected chi connectivity index (χ0v) is 16.1. The third kappa shape index (κ3) is 3.52. The predicted molar refractivity (Wildman–Crippen MR) is 97.6 cm³/mol. The van der Waals surface area contributed by atoms with Crippen LogP contribution in [0.15, 0.2) is 0 Å². The Kier molecular flexibility index (Phi) is 5.03. The lowest BCUT2D eigenvalue weighted by atomic mass is 9.97. The molecule has 1 aromatic rings. The van der Waals surface area contributed by atoms with E-state index in [1.807, 2.05) is 4.90 Å². The average Bonchev–Trinajstić information content (AvgIpc) is 3.37. The van der Waals surface area contributed by atoms with Gasteiger partial charge in [0.2, 0.25) is 5.91 Å². The molecule has 2 fully saturated rings. The maximum Gasteiger partial charge on any atom is 0.223 e. The number of piperidine rings is 1. The lowest BCUT2D eigenvalue weighted by Crippen LogP contribution is -2.40. The zero-order valence-electron chi connectivity index (χ0n) is 15.3. The minimum atomic E-state index is -3.13. The first-order chi connectivity index (χ1) is 12.5. The van der Waals surface area contributed by atoms with Gasteiger partial charge in [-0.05, 0) is 32.1 Å². The van der Waals surface area contributed by atoms with E-state index in [1.54, 1.807) is 0 Å². The molecule has 1 atom stereocenters. The molecule has 7 nitrogen and oxygen atoms in total. The van der Waals surface area contributed by atoms with Gasteiger partial charge in [0.15, 0.2) is 9.84 Å². The first-order valence-electron chi connectivity index (χ1n) is 9.96. The molecule has 26 heavy (non-hydrogen) atoms. The molecule has 4 rings (SSSR count). The maximum atomic E-state index is 12.6. The standard InChI is InChI=1S/C18H28N4O3S/c23-17(9-12-26(24,25)15-6-1-2-7-15)21-10-3-5-14(13-21)18-20-19-16-8-4-11-22(16)18/h14-15H,1-13H2. The number of aromatic nitrogens is 3. The molecule has 1 aromatic heterocycles. The van der Waals surface area contributed by atoms with Gasteiger partial charge in [-0.25, -0.2) is 8.42 Å². The highest BCUT2D eigenvalue weighted by atomic mass is 32.2. The van der Waals surface area contributed by atoms with Crippen molar-refractivity contribution >= 4 is 15.7 Å². The molecule has 3 heterocycles. The second kappa shape index (κ2) is 7.29. The molecule has 1 aliphatic carbocycles. The molecule has 8 heteroatoms. The lowest BCUT2D eigenvalue weighted by molar-refractivity contribution is -0.132. The van der Waals surface area contributed by atoms with E-state index in [2.05, 4.69) is 14.8 Å². The second-order valence-corrected chi connectivity index (χ2v) is 10.3. The number of amides is 1. The number of rotatable bonds is 5. The van der Waals surface area contributed by atoms with Gasteiger partial charge in [0.1, 0.15) is 11.6 Å². The van der Waals surface area contributed by atoms with E-state index in [0.717, 1.165) is 76.1 Å². The summed E-state index contributed by atoms with van der Waals surface area (Å²) in [7, 11) is -3.13. The third-order valence-corrected chi connectivity index (χ3v) is 8.45. The molecular weight excluding hydrogens is 352 g/mol. The molecular formula is C18H28N4O3S. The van der Waals surface area contributed by atoms with E-state index in [4.69, 9.17) is 0 Å². The quantitative estimate of drug-likeness (QED) is 0.776. The SMILES string of the molecule is O=C(CCS(=O)(=O)C1CCCC1)N1CCCC(c2nnc3n2CCC3)C1. The summed E-state index contributed by atoms with van der Waals surface area (Å²) >= 11 is 0. The van der Waals surface area contributed by atoms with Crippen molar-refractivity contribution in [1.82, 2.24) is 19.7 Å². The van der Waals surface area contributed by atoms with Crippen molar-refractivity contribution in [2.75, 3.05) is 18.8 Å². The molecule has 0 bridgehead atoms. The van der Waals surface area contributed by atoms with Crippen LogP contribution in [0.2, 0.25) is 0 Å². The Morgan fingerprint density at radius 2 is 1.85 bits per heavy atom. The Bertz CT molecular complexity index is 767. The molecule has 3 aliphatic rings. The van der Waals surface area contributed by atoms with Gasteiger partial charge in [-0.1, -0.05) is 12.8 Å². The Morgan fingerprint density at radius 1 is 1.04 bits per heavy atom. The topological polar surface area (TPSA) is 85.2 Å². The summed E-state index contributed by atoms with van der Waals surface area (Å²) in [5.41, 5.74) is 0. The van der Waals surface area contributed by atoms with E-state index in [1.165, 1.54) is 0 Å². The summed E-state index contributed by atoms with van der Waals surface area (Å²) in [6.45, 7) is 2.34. The van der Waals surface area contributed by atoms with Crippen LogP contribution >= 0.6 is 0 Å². The molecule has 1 saturated heterocycles.